The van der Waals surface area contributed by atoms with E-state index >= 15 is 0 Å². The highest BCUT2D eigenvalue weighted by molar-refractivity contribution is 5.83. The van der Waals surface area contributed by atoms with Crippen molar-refractivity contribution in [2.75, 3.05) is 7.05 Å². The molecule has 0 rings (SSSR count). The van der Waals surface area contributed by atoms with E-state index in [9.17, 15) is 9.59 Å². The average molecular weight is 244 g/mol. The molecule has 0 aliphatic carbocycles. The minimum absolute atomic E-state index is 0.144. The van der Waals surface area contributed by atoms with Gasteiger partial charge in [-0.3, -0.25) is 0 Å². The van der Waals surface area contributed by atoms with Crippen LogP contribution in [-0.4, -0.2) is 40.6 Å². The first-order valence-corrected chi connectivity index (χ1v) is 5.90. The van der Waals surface area contributed by atoms with Gasteiger partial charge in [-0.15, -0.1) is 0 Å². The molecule has 0 spiro atoms. The Bertz CT molecular complexity index is 287. The Kier molecular flexibility index (Phi) is 5.45. The number of urea groups is 1. The summed E-state index contributed by atoms with van der Waals surface area (Å²) in [4.78, 5) is 24.5. The first kappa shape index (κ1) is 15.7. The van der Waals surface area contributed by atoms with Crippen molar-refractivity contribution in [3.63, 3.8) is 0 Å². The van der Waals surface area contributed by atoms with Crippen molar-refractivity contribution in [1.82, 2.24) is 10.2 Å². The number of rotatable bonds is 5. The van der Waals surface area contributed by atoms with E-state index in [0.29, 0.717) is 0 Å². The number of aliphatic carboxylic acids is 1. The predicted molar refractivity (Wildman–Crippen MR) is 66.9 cm³/mol. The number of carboxylic acids is 1. The van der Waals surface area contributed by atoms with Gasteiger partial charge in [0.1, 0.15) is 6.04 Å². The lowest BCUT2D eigenvalue weighted by Gasteiger charge is -2.35. The maximum Gasteiger partial charge on any atom is 0.326 e. The number of carbonyl (C=O) groups is 2. The van der Waals surface area contributed by atoms with Crippen LogP contribution in [0.3, 0.4) is 0 Å². The summed E-state index contributed by atoms with van der Waals surface area (Å²) in [5, 5.41) is 11.5. The van der Waals surface area contributed by atoms with Gasteiger partial charge < -0.3 is 15.3 Å². The third-order valence-electron chi connectivity index (χ3n) is 3.29. The topological polar surface area (TPSA) is 69.6 Å². The highest BCUT2D eigenvalue weighted by Crippen LogP contribution is 2.16. The molecular weight excluding hydrogens is 220 g/mol. The van der Waals surface area contributed by atoms with Gasteiger partial charge in [-0.1, -0.05) is 20.8 Å². The summed E-state index contributed by atoms with van der Waals surface area (Å²) in [5.74, 6) is -1.15. The molecule has 17 heavy (non-hydrogen) atoms. The van der Waals surface area contributed by atoms with Crippen molar-refractivity contribution in [2.24, 2.45) is 5.92 Å². The van der Waals surface area contributed by atoms with Crippen molar-refractivity contribution < 1.29 is 14.7 Å². The van der Waals surface area contributed by atoms with E-state index in [4.69, 9.17) is 5.11 Å². The fourth-order valence-corrected chi connectivity index (χ4v) is 1.26. The van der Waals surface area contributed by atoms with E-state index in [1.807, 2.05) is 20.8 Å². The van der Waals surface area contributed by atoms with E-state index in [0.717, 1.165) is 6.42 Å². The zero-order valence-electron chi connectivity index (χ0n) is 11.6. The summed E-state index contributed by atoms with van der Waals surface area (Å²) >= 11 is 0. The van der Waals surface area contributed by atoms with E-state index in [1.54, 1.807) is 25.8 Å². The Labute approximate surface area is 103 Å². The second-order valence-corrected chi connectivity index (χ2v) is 5.23. The van der Waals surface area contributed by atoms with Gasteiger partial charge in [-0.2, -0.15) is 0 Å². The SMILES string of the molecule is CCC(C)(C)N(C)C(=O)NC(C(=O)O)C(C)C. The molecule has 2 amide bonds. The van der Waals surface area contributed by atoms with Crippen molar-refractivity contribution in [3.8, 4) is 0 Å². The molecule has 0 saturated heterocycles. The molecular formula is C12H24N2O3. The summed E-state index contributed by atoms with van der Waals surface area (Å²) in [6.45, 7) is 9.41. The minimum atomic E-state index is -1.00. The predicted octanol–water partition coefficient (Wildman–Crippen LogP) is 1.93. The minimum Gasteiger partial charge on any atom is -0.480 e. The molecule has 1 atom stereocenters. The molecule has 5 nitrogen and oxygen atoms in total. The van der Waals surface area contributed by atoms with Crippen LogP contribution in [0.5, 0.6) is 0 Å². The Morgan fingerprint density at radius 3 is 2.12 bits per heavy atom. The molecule has 0 radical (unpaired) electrons. The van der Waals surface area contributed by atoms with Crippen LogP contribution in [0.1, 0.15) is 41.0 Å². The normalized spacial score (nSPS) is 13.4. The van der Waals surface area contributed by atoms with Gasteiger partial charge in [-0.25, -0.2) is 9.59 Å². The number of amides is 2. The number of nitrogens with zero attached hydrogens (tertiary/aromatic N) is 1. The van der Waals surface area contributed by atoms with Gasteiger partial charge in [-0.05, 0) is 26.2 Å². The molecule has 0 bridgehead atoms. The van der Waals surface area contributed by atoms with Crippen molar-refractivity contribution >= 4 is 12.0 Å². The molecule has 0 fully saturated rings. The molecule has 0 aromatic rings. The Hall–Kier alpha value is -1.26. The maximum atomic E-state index is 11.9. The highest BCUT2D eigenvalue weighted by atomic mass is 16.4. The summed E-state index contributed by atoms with van der Waals surface area (Å²) < 4.78 is 0. The van der Waals surface area contributed by atoms with Gasteiger partial charge in [0, 0.05) is 12.6 Å². The fourth-order valence-electron chi connectivity index (χ4n) is 1.26. The molecule has 0 aliphatic heterocycles. The zero-order chi connectivity index (χ0) is 13.8. The molecule has 100 valence electrons. The number of hydrogen-bond donors (Lipinski definition) is 2. The quantitative estimate of drug-likeness (QED) is 0.776. The molecule has 5 heteroatoms. The summed E-state index contributed by atoms with van der Waals surface area (Å²) in [7, 11) is 1.68. The molecule has 0 aromatic carbocycles. The lowest BCUT2D eigenvalue weighted by molar-refractivity contribution is -0.140. The standard InChI is InChI=1S/C12H24N2O3/c1-7-12(4,5)14(6)11(17)13-9(8(2)3)10(15)16/h8-9H,7H2,1-6H3,(H,13,17)(H,15,16). The van der Waals surface area contributed by atoms with E-state index < -0.39 is 12.0 Å². The van der Waals surface area contributed by atoms with Crippen molar-refractivity contribution in [2.45, 2.75) is 52.6 Å². The second-order valence-electron chi connectivity index (χ2n) is 5.23. The van der Waals surface area contributed by atoms with Gasteiger partial charge in [0.2, 0.25) is 0 Å². The average Bonchev–Trinajstić information content (AvgIpc) is 2.23. The molecule has 1 unspecified atom stereocenters. The molecule has 0 aromatic heterocycles. The summed E-state index contributed by atoms with van der Waals surface area (Å²) in [6.07, 6.45) is 0.802. The Morgan fingerprint density at radius 1 is 1.35 bits per heavy atom. The Balaban J connectivity index is 4.68. The first-order chi connectivity index (χ1) is 7.63. The monoisotopic (exact) mass is 244 g/mol. The van der Waals surface area contributed by atoms with Crippen LogP contribution >= 0.6 is 0 Å². The number of nitrogens with one attached hydrogen (secondary N) is 1. The fraction of sp³-hybridized carbons (Fsp3) is 0.833. The van der Waals surface area contributed by atoms with Gasteiger partial charge in [0.05, 0.1) is 0 Å². The first-order valence-electron chi connectivity index (χ1n) is 5.90. The largest absolute Gasteiger partial charge is 0.480 e. The molecule has 0 saturated carbocycles. The lowest BCUT2D eigenvalue weighted by Crippen LogP contribution is -2.54. The van der Waals surface area contributed by atoms with Crippen LogP contribution in [0, 0.1) is 5.92 Å². The maximum absolute atomic E-state index is 11.9. The third kappa shape index (κ3) is 4.24. The third-order valence-corrected chi connectivity index (χ3v) is 3.29. The highest BCUT2D eigenvalue weighted by Gasteiger charge is 2.30. The van der Waals surface area contributed by atoms with Gasteiger partial charge in [0.15, 0.2) is 0 Å². The number of hydrogen-bond acceptors (Lipinski definition) is 2. The zero-order valence-corrected chi connectivity index (χ0v) is 11.6. The summed E-state index contributed by atoms with van der Waals surface area (Å²) in [5.41, 5.74) is -0.288. The van der Waals surface area contributed by atoms with E-state index in [1.165, 1.54) is 0 Å². The van der Waals surface area contributed by atoms with Gasteiger partial charge >= 0.3 is 12.0 Å². The van der Waals surface area contributed by atoms with E-state index in [2.05, 4.69) is 5.32 Å². The lowest BCUT2D eigenvalue weighted by atomic mass is 10.00. The number of carbonyl (C=O) groups excluding carboxylic acids is 1. The van der Waals surface area contributed by atoms with Crippen LogP contribution in [0.25, 0.3) is 0 Å². The smallest absolute Gasteiger partial charge is 0.326 e. The van der Waals surface area contributed by atoms with Crippen LogP contribution in [0.2, 0.25) is 0 Å². The van der Waals surface area contributed by atoms with Crippen LogP contribution < -0.4 is 5.32 Å². The Morgan fingerprint density at radius 2 is 1.82 bits per heavy atom. The van der Waals surface area contributed by atoms with Crippen molar-refractivity contribution in [3.05, 3.63) is 0 Å². The summed E-state index contributed by atoms with van der Waals surface area (Å²) in [6, 6.07) is -1.20. The van der Waals surface area contributed by atoms with Gasteiger partial charge in [0.25, 0.3) is 0 Å². The van der Waals surface area contributed by atoms with Crippen LogP contribution in [-0.2, 0) is 4.79 Å². The molecule has 0 heterocycles. The van der Waals surface area contributed by atoms with Crippen LogP contribution in [0.4, 0.5) is 4.79 Å². The molecule has 0 aliphatic rings. The second kappa shape index (κ2) is 5.89. The number of carboxylic acid groups (broad SMARTS) is 1. The molecule has 2 N–H and O–H groups in total. The van der Waals surface area contributed by atoms with Crippen LogP contribution in [0.15, 0.2) is 0 Å². The van der Waals surface area contributed by atoms with E-state index in [-0.39, 0.29) is 17.5 Å². The van der Waals surface area contributed by atoms with Crippen molar-refractivity contribution in [1.29, 1.82) is 0 Å².